The maximum Gasteiger partial charge on any atom is 0.161 e. The first kappa shape index (κ1) is 12.6. The molecular formula is C14H11ClF2N4. The van der Waals surface area contributed by atoms with Crippen LogP contribution < -0.4 is 10.9 Å². The van der Waals surface area contributed by atoms with Crippen molar-refractivity contribution in [3.05, 3.63) is 47.0 Å². The van der Waals surface area contributed by atoms with E-state index in [1.807, 2.05) is 4.57 Å². The van der Waals surface area contributed by atoms with Gasteiger partial charge in [-0.2, -0.15) is 0 Å². The fourth-order valence-electron chi connectivity index (χ4n) is 2.52. The third-order valence-electron chi connectivity index (χ3n) is 3.60. The Kier molecular flexibility index (Phi) is 2.68. The van der Waals surface area contributed by atoms with Crippen LogP contribution in [0, 0.1) is 11.6 Å². The monoisotopic (exact) mass is 308 g/mol. The van der Waals surface area contributed by atoms with Crippen LogP contribution in [0.25, 0.3) is 16.6 Å². The predicted molar refractivity (Wildman–Crippen MR) is 76.1 cm³/mol. The zero-order valence-corrected chi connectivity index (χ0v) is 11.6. The van der Waals surface area contributed by atoms with Crippen LogP contribution in [0.15, 0.2) is 29.6 Å². The number of imidazole rings is 1. The fraction of sp³-hybridized carbons (Fsp3) is 0.214. The number of nitrogens with one attached hydrogen (secondary N) is 2. The number of rotatable bonds is 2. The van der Waals surface area contributed by atoms with Gasteiger partial charge in [-0.1, -0.05) is 11.6 Å². The summed E-state index contributed by atoms with van der Waals surface area (Å²) in [4.78, 5) is 4.45. The number of hydrogen-bond acceptors (Lipinski definition) is 3. The minimum Gasteiger partial charge on any atom is -0.321 e. The molecule has 108 valence electrons. The molecule has 21 heavy (non-hydrogen) atoms. The minimum absolute atomic E-state index is 0.276. The third-order valence-corrected chi connectivity index (χ3v) is 3.81. The van der Waals surface area contributed by atoms with Gasteiger partial charge in [0.2, 0.25) is 0 Å². The first-order chi connectivity index (χ1) is 10.1. The van der Waals surface area contributed by atoms with Crippen LogP contribution in [-0.4, -0.2) is 9.55 Å². The lowest BCUT2D eigenvalue weighted by molar-refractivity contribution is 0.510. The van der Waals surface area contributed by atoms with Gasteiger partial charge in [0, 0.05) is 29.9 Å². The van der Waals surface area contributed by atoms with Crippen molar-refractivity contribution < 1.29 is 8.78 Å². The molecule has 0 radical (unpaired) electrons. The van der Waals surface area contributed by atoms with Crippen LogP contribution in [-0.2, 0) is 0 Å². The van der Waals surface area contributed by atoms with E-state index in [1.165, 1.54) is 6.07 Å². The number of benzene rings is 1. The van der Waals surface area contributed by atoms with Gasteiger partial charge in [-0.25, -0.2) is 13.8 Å². The molecule has 2 aromatic rings. The van der Waals surface area contributed by atoms with Gasteiger partial charge >= 0.3 is 0 Å². The molecule has 0 amide bonds. The summed E-state index contributed by atoms with van der Waals surface area (Å²) < 4.78 is 28.9. The van der Waals surface area contributed by atoms with Gasteiger partial charge in [0.1, 0.15) is 11.0 Å². The lowest BCUT2D eigenvalue weighted by Gasteiger charge is -2.14. The smallest absolute Gasteiger partial charge is 0.161 e. The lowest BCUT2D eigenvalue weighted by Crippen LogP contribution is -2.27. The Morgan fingerprint density at radius 2 is 2.00 bits per heavy atom. The van der Waals surface area contributed by atoms with E-state index in [1.54, 1.807) is 12.3 Å². The van der Waals surface area contributed by atoms with Crippen molar-refractivity contribution in [2.24, 2.45) is 0 Å². The second-order valence-corrected chi connectivity index (χ2v) is 5.56. The highest BCUT2D eigenvalue weighted by atomic mass is 35.5. The summed E-state index contributed by atoms with van der Waals surface area (Å²) in [5, 5.41) is 0.430. The Morgan fingerprint density at radius 1 is 1.24 bits per heavy atom. The SMILES string of the molecule is Fc1cc2nc(C3=CNNC(Cl)=C3)n(C3CC3)c2cc1F. The highest BCUT2D eigenvalue weighted by Crippen LogP contribution is 2.40. The summed E-state index contributed by atoms with van der Waals surface area (Å²) >= 11 is 5.95. The molecule has 0 saturated heterocycles. The summed E-state index contributed by atoms with van der Waals surface area (Å²) in [6.07, 6.45) is 5.46. The molecule has 2 aliphatic rings. The van der Waals surface area contributed by atoms with Crippen LogP contribution in [0.1, 0.15) is 24.7 Å². The van der Waals surface area contributed by atoms with Gasteiger partial charge in [0.25, 0.3) is 0 Å². The quantitative estimate of drug-likeness (QED) is 0.837. The molecule has 1 aliphatic heterocycles. The molecule has 2 N–H and O–H groups in total. The topological polar surface area (TPSA) is 41.9 Å². The lowest BCUT2D eigenvalue weighted by atomic mass is 10.2. The first-order valence-corrected chi connectivity index (χ1v) is 6.97. The zero-order chi connectivity index (χ0) is 14.6. The van der Waals surface area contributed by atoms with Crippen LogP contribution in [0.4, 0.5) is 8.78 Å². The van der Waals surface area contributed by atoms with E-state index in [0.717, 1.165) is 24.5 Å². The number of hydrazine groups is 1. The Bertz CT molecular complexity index is 805. The minimum atomic E-state index is -0.888. The largest absolute Gasteiger partial charge is 0.321 e. The summed E-state index contributed by atoms with van der Waals surface area (Å²) in [5.41, 5.74) is 7.38. The number of hydrogen-bond donors (Lipinski definition) is 2. The van der Waals surface area contributed by atoms with Gasteiger partial charge in [-0.05, 0) is 18.9 Å². The van der Waals surface area contributed by atoms with Crippen molar-refractivity contribution in [2.45, 2.75) is 18.9 Å². The van der Waals surface area contributed by atoms with Crippen molar-refractivity contribution in [2.75, 3.05) is 0 Å². The summed E-state index contributed by atoms with van der Waals surface area (Å²) in [5.74, 6) is -1.09. The first-order valence-electron chi connectivity index (χ1n) is 6.60. The van der Waals surface area contributed by atoms with Crippen LogP contribution in [0.5, 0.6) is 0 Å². The molecule has 1 aromatic heterocycles. The number of fused-ring (bicyclic) bond motifs is 1. The highest BCUT2D eigenvalue weighted by molar-refractivity contribution is 6.30. The second-order valence-electron chi connectivity index (χ2n) is 5.15. The summed E-state index contributed by atoms with van der Waals surface area (Å²) in [6.45, 7) is 0. The average molecular weight is 309 g/mol. The van der Waals surface area contributed by atoms with Crippen LogP contribution in [0.2, 0.25) is 0 Å². The standard InChI is InChI=1S/C14H11ClF2N4/c15-13-3-7(6-18-20-13)14-19-11-4-9(16)10(17)5-12(11)21(14)8-1-2-8/h3-6,8,18,20H,1-2H2. The maximum absolute atomic E-state index is 13.5. The third kappa shape index (κ3) is 2.06. The van der Waals surface area contributed by atoms with Crippen LogP contribution in [0.3, 0.4) is 0 Å². The molecular weight excluding hydrogens is 298 g/mol. The Hall–Kier alpha value is -2.08. The Morgan fingerprint density at radius 3 is 2.71 bits per heavy atom. The maximum atomic E-state index is 13.5. The van der Waals surface area contributed by atoms with E-state index < -0.39 is 11.6 Å². The molecule has 4 nitrogen and oxygen atoms in total. The number of allylic oxidation sites excluding steroid dienone is 2. The van der Waals surface area contributed by atoms with Crippen molar-refractivity contribution in [1.29, 1.82) is 0 Å². The fourth-order valence-corrected chi connectivity index (χ4v) is 2.69. The summed E-state index contributed by atoms with van der Waals surface area (Å²) in [6, 6.07) is 2.62. The normalized spacial score (nSPS) is 18.0. The summed E-state index contributed by atoms with van der Waals surface area (Å²) in [7, 11) is 0. The zero-order valence-electron chi connectivity index (χ0n) is 10.8. The molecule has 0 atom stereocenters. The van der Waals surface area contributed by atoms with Crippen molar-refractivity contribution in [1.82, 2.24) is 20.4 Å². The molecule has 0 spiro atoms. The van der Waals surface area contributed by atoms with Gasteiger partial charge in [0.15, 0.2) is 11.6 Å². The van der Waals surface area contributed by atoms with Crippen molar-refractivity contribution >= 4 is 28.2 Å². The number of aromatic nitrogens is 2. The molecule has 0 unspecified atom stereocenters. The van der Waals surface area contributed by atoms with E-state index >= 15 is 0 Å². The molecule has 4 rings (SSSR count). The Labute approximate surface area is 124 Å². The molecule has 7 heteroatoms. The molecule has 1 aliphatic carbocycles. The van der Waals surface area contributed by atoms with Crippen molar-refractivity contribution in [3.8, 4) is 0 Å². The average Bonchev–Trinajstić information content (AvgIpc) is 3.22. The van der Waals surface area contributed by atoms with Gasteiger partial charge in [-0.15, -0.1) is 0 Å². The molecule has 0 bridgehead atoms. The number of nitrogens with zero attached hydrogens (tertiary/aromatic N) is 2. The van der Waals surface area contributed by atoms with Crippen LogP contribution >= 0.6 is 11.6 Å². The molecule has 1 saturated carbocycles. The second kappa shape index (κ2) is 4.46. The highest BCUT2D eigenvalue weighted by Gasteiger charge is 2.30. The Balaban J connectivity index is 1.96. The van der Waals surface area contributed by atoms with Gasteiger partial charge in [0.05, 0.1) is 11.0 Å². The van der Waals surface area contributed by atoms with Gasteiger partial charge < -0.3 is 9.99 Å². The van der Waals surface area contributed by atoms with Gasteiger partial charge in [-0.3, -0.25) is 5.43 Å². The van der Waals surface area contributed by atoms with E-state index in [4.69, 9.17) is 11.6 Å². The molecule has 1 aromatic carbocycles. The number of halogens is 3. The predicted octanol–water partition coefficient (Wildman–Crippen LogP) is 3.18. The molecule has 2 heterocycles. The molecule has 1 fully saturated rings. The van der Waals surface area contributed by atoms with E-state index in [9.17, 15) is 8.78 Å². The van der Waals surface area contributed by atoms with Crippen molar-refractivity contribution in [3.63, 3.8) is 0 Å². The van der Waals surface area contributed by atoms with E-state index in [0.29, 0.717) is 22.0 Å². The van der Waals surface area contributed by atoms with E-state index in [2.05, 4.69) is 15.8 Å². The van der Waals surface area contributed by atoms with E-state index in [-0.39, 0.29) is 6.04 Å².